The number of benzene rings is 1. The molecule has 0 aliphatic heterocycles. The molecule has 0 bridgehead atoms. The van der Waals surface area contributed by atoms with Crippen LogP contribution >= 0.6 is 15.9 Å². The maximum atomic E-state index is 11.9. The van der Waals surface area contributed by atoms with E-state index in [9.17, 15) is 4.79 Å². The molecule has 17 heavy (non-hydrogen) atoms. The van der Waals surface area contributed by atoms with Gasteiger partial charge in [0, 0.05) is 4.47 Å². The van der Waals surface area contributed by atoms with Gasteiger partial charge in [0.25, 0.3) is 0 Å². The summed E-state index contributed by atoms with van der Waals surface area (Å²) in [5, 5.41) is 0. The number of hydrogen-bond donors (Lipinski definition) is 2. The molecule has 1 aromatic carbocycles. The molecule has 4 nitrogen and oxygen atoms in total. The molecule has 0 atom stereocenters. The first-order valence-electron chi connectivity index (χ1n) is 5.37. The second-order valence-corrected chi connectivity index (χ2v) is 5.04. The molecule has 0 spiro atoms. The molecule has 0 saturated carbocycles. The zero-order chi connectivity index (χ0) is 13.1. The molecular formula is C12H17BrN2O2. The number of hydrazine groups is 1. The number of nitrogens with two attached hydrogens (primary N) is 1. The maximum Gasteiger partial charge on any atom is 0.315 e. The van der Waals surface area contributed by atoms with Crippen LogP contribution in [0.4, 0.5) is 5.69 Å². The standard InChI is InChI=1S/C12H17BrN2O2/c1-4-17-11(16)12(2,3)8-5-6-10(15-14)9(13)7-8/h5-7,15H,4,14H2,1-3H3. The first-order chi connectivity index (χ1) is 7.93. The Morgan fingerprint density at radius 2 is 2.18 bits per heavy atom. The van der Waals surface area contributed by atoms with Crippen molar-refractivity contribution in [2.24, 2.45) is 5.84 Å². The molecule has 0 fully saturated rings. The lowest BCUT2D eigenvalue weighted by Crippen LogP contribution is -2.31. The van der Waals surface area contributed by atoms with Gasteiger partial charge in [0.15, 0.2) is 0 Å². The third-order valence-corrected chi connectivity index (χ3v) is 3.29. The van der Waals surface area contributed by atoms with Gasteiger partial charge in [0.1, 0.15) is 0 Å². The Hall–Kier alpha value is -1.07. The Morgan fingerprint density at radius 3 is 2.65 bits per heavy atom. The van der Waals surface area contributed by atoms with Crippen molar-refractivity contribution < 1.29 is 9.53 Å². The molecule has 0 unspecified atom stereocenters. The fourth-order valence-electron chi connectivity index (χ4n) is 1.45. The van der Waals surface area contributed by atoms with Crippen molar-refractivity contribution in [1.82, 2.24) is 0 Å². The average Bonchev–Trinajstić information content (AvgIpc) is 2.29. The van der Waals surface area contributed by atoms with E-state index in [-0.39, 0.29) is 5.97 Å². The molecule has 0 amide bonds. The summed E-state index contributed by atoms with van der Waals surface area (Å²) in [5.41, 5.74) is 3.54. The van der Waals surface area contributed by atoms with Crippen LogP contribution in [0, 0.1) is 0 Å². The predicted molar refractivity (Wildman–Crippen MR) is 71.6 cm³/mol. The molecule has 3 N–H and O–H groups in total. The van der Waals surface area contributed by atoms with Crippen molar-refractivity contribution in [2.75, 3.05) is 12.0 Å². The van der Waals surface area contributed by atoms with Gasteiger partial charge in [-0.1, -0.05) is 6.07 Å². The van der Waals surface area contributed by atoms with Crippen LogP contribution in [0.2, 0.25) is 0 Å². The highest BCUT2D eigenvalue weighted by atomic mass is 79.9. The molecule has 0 heterocycles. The van der Waals surface area contributed by atoms with Gasteiger partial charge in [-0.2, -0.15) is 0 Å². The zero-order valence-electron chi connectivity index (χ0n) is 10.2. The van der Waals surface area contributed by atoms with Crippen molar-refractivity contribution in [1.29, 1.82) is 0 Å². The number of nitrogen functional groups attached to an aromatic ring is 1. The lowest BCUT2D eigenvalue weighted by molar-refractivity contribution is -0.148. The van der Waals surface area contributed by atoms with Crippen molar-refractivity contribution in [3.63, 3.8) is 0 Å². The van der Waals surface area contributed by atoms with Gasteiger partial charge >= 0.3 is 5.97 Å². The van der Waals surface area contributed by atoms with Crippen LogP contribution in [0.1, 0.15) is 26.3 Å². The molecule has 0 aliphatic rings. The highest BCUT2D eigenvalue weighted by Crippen LogP contribution is 2.30. The smallest absolute Gasteiger partial charge is 0.315 e. The second kappa shape index (κ2) is 5.51. The van der Waals surface area contributed by atoms with E-state index in [1.54, 1.807) is 6.92 Å². The molecule has 0 saturated heterocycles. The average molecular weight is 301 g/mol. The Labute approximate surface area is 110 Å². The highest BCUT2D eigenvalue weighted by Gasteiger charge is 2.31. The zero-order valence-corrected chi connectivity index (χ0v) is 11.8. The van der Waals surface area contributed by atoms with E-state index in [4.69, 9.17) is 10.6 Å². The molecule has 1 rings (SSSR count). The summed E-state index contributed by atoms with van der Waals surface area (Å²) < 4.78 is 5.88. The normalized spacial score (nSPS) is 11.1. The van der Waals surface area contributed by atoms with Gasteiger partial charge in [-0.15, -0.1) is 0 Å². The SMILES string of the molecule is CCOC(=O)C(C)(C)c1ccc(NN)c(Br)c1. The highest BCUT2D eigenvalue weighted by molar-refractivity contribution is 9.10. The quantitative estimate of drug-likeness (QED) is 0.510. The fraction of sp³-hybridized carbons (Fsp3) is 0.417. The molecule has 1 aromatic rings. The van der Waals surface area contributed by atoms with Gasteiger partial charge in [-0.3, -0.25) is 10.6 Å². The summed E-state index contributed by atoms with van der Waals surface area (Å²) in [7, 11) is 0. The maximum absolute atomic E-state index is 11.9. The second-order valence-electron chi connectivity index (χ2n) is 4.18. The molecule has 0 aromatic heterocycles. The summed E-state index contributed by atoms with van der Waals surface area (Å²) >= 11 is 3.39. The number of carbonyl (C=O) groups is 1. The molecule has 5 heteroatoms. The van der Waals surface area contributed by atoms with Crippen molar-refractivity contribution >= 4 is 27.6 Å². The number of nitrogens with one attached hydrogen (secondary N) is 1. The molecule has 0 aliphatic carbocycles. The van der Waals surface area contributed by atoms with E-state index >= 15 is 0 Å². The van der Waals surface area contributed by atoms with Gasteiger partial charge in [-0.05, 0) is 54.4 Å². The number of anilines is 1. The largest absolute Gasteiger partial charge is 0.465 e. The summed E-state index contributed by atoms with van der Waals surface area (Å²) in [6.45, 7) is 5.85. The van der Waals surface area contributed by atoms with E-state index in [1.165, 1.54) is 0 Å². The number of carbonyl (C=O) groups excluding carboxylic acids is 1. The van der Waals surface area contributed by atoms with Crippen LogP contribution in [0.5, 0.6) is 0 Å². The molecule has 94 valence electrons. The Morgan fingerprint density at radius 1 is 1.53 bits per heavy atom. The monoisotopic (exact) mass is 300 g/mol. The van der Waals surface area contributed by atoms with Crippen LogP contribution in [0.25, 0.3) is 0 Å². The van der Waals surface area contributed by atoms with Gasteiger partial charge in [-0.25, -0.2) is 0 Å². The van der Waals surface area contributed by atoms with Crippen LogP contribution in [-0.2, 0) is 14.9 Å². The minimum absolute atomic E-state index is 0.236. The summed E-state index contributed by atoms with van der Waals surface area (Å²) in [6.07, 6.45) is 0. The predicted octanol–water partition coefficient (Wildman–Crippen LogP) is 2.58. The topological polar surface area (TPSA) is 64.3 Å². The van der Waals surface area contributed by atoms with Crippen molar-refractivity contribution in [3.8, 4) is 0 Å². The first-order valence-corrected chi connectivity index (χ1v) is 6.16. The minimum atomic E-state index is -0.675. The number of halogens is 1. The van der Waals surface area contributed by atoms with E-state index in [2.05, 4.69) is 21.4 Å². The lowest BCUT2D eigenvalue weighted by Gasteiger charge is -2.23. The van der Waals surface area contributed by atoms with Crippen LogP contribution in [0.15, 0.2) is 22.7 Å². The van der Waals surface area contributed by atoms with Gasteiger partial charge in [0.05, 0.1) is 17.7 Å². The molecule has 0 radical (unpaired) electrons. The number of rotatable bonds is 4. The van der Waals surface area contributed by atoms with Crippen molar-refractivity contribution in [3.05, 3.63) is 28.2 Å². The third-order valence-electron chi connectivity index (χ3n) is 2.63. The number of hydrogen-bond acceptors (Lipinski definition) is 4. The van der Waals surface area contributed by atoms with Crippen LogP contribution in [-0.4, -0.2) is 12.6 Å². The van der Waals surface area contributed by atoms with Gasteiger partial charge < -0.3 is 10.2 Å². The fourth-order valence-corrected chi connectivity index (χ4v) is 1.94. The number of esters is 1. The minimum Gasteiger partial charge on any atom is -0.465 e. The van der Waals surface area contributed by atoms with E-state index in [0.717, 1.165) is 15.7 Å². The summed E-state index contributed by atoms with van der Waals surface area (Å²) in [5.74, 6) is 5.11. The molecular weight excluding hydrogens is 284 g/mol. The van der Waals surface area contributed by atoms with Gasteiger partial charge in [0.2, 0.25) is 0 Å². The third kappa shape index (κ3) is 2.98. The van der Waals surface area contributed by atoms with Crippen LogP contribution in [0.3, 0.4) is 0 Å². The van der Waals surface area contributed by atoms with Crippen LogP contribution < -0.4 is 11.3 Å². The number of ether oxygens (including phenoxy) is 1. The van der Waals surface area contributed by atoms with E-state index in [1.807, 2.05) is 32.0 Å². The Kier molecular flexibility index (Phi) is 4.54. The van der Waals surface area contributed by atoms with Crippen molar-refractivity contribution in [2.45, 2.75) is 26.2 Å². The summed E-state index contributed by atoms with van der Waals surface area (Å²) in [6, 6.07) is 5.55. The first kappa shape index (κ1) is 14.0. The lowest BCUT2D eigenvalue weighted by atomic mass is 9.85. The Balaban J connectivity index is 3.07. The summed E-state index contributed by atoms with van der Waals surface area (Å²) in [4.78, 5) is 11.9. The van der Waals surface area contributed by atoms with E-state index in [0.29, 0.717) is 6.61 Å². The Bertz CT molecular complexity index is 419. The van der Waals surface area contributed by atoms with E-state index < -0.39 is 5.41 Å².